The Morgan fingerprint density at radius 1 is 1.12 bits per heavy atom. The van der Waals surface area contributed by atoms with Gasteiger partial charge in [0.1, 0.15) is 5.82 Å². The zero-order valence-electron chi connectivity index (χ0n) is 9.94. The molecule has 0 aliphatic carbocycles. The van der Waals surface area contributed by atoms with E-state index in [0.717, 1.165) is 0 Å². The minimum Gasteiger partial charge on any atom is -0.363 e. The number of nitrogens with zero attached hydrogens (tertiary/aromatic N) is 1. The third-order valence-electron chi connectivity index (χ3n) is 2.73. The minimum atomic E-state index is -0.466. The quantitative estimate of drug-likeness (QED) is 0.813. The topological polar surface area (TPSA) is 24.9 Å². The smallest absolute Gasteiger partial charge is 0.214 e. The Kier molecular flexibility index (Phi) is 3.38. The average molecular weight is 230 g/mol. The number of halogens is 1. The molecule has 0 amide bonds. The van der Waals surface area contributed by atoms with E-state index in [1.54, 1.807) is 12.1 Å². The van der Waals surface area contributed by atoms with Gasteiger partial charge in [0.2, 0.25) is 5.95 Å². The van der Waals surface area contributed by atoms with Crippen LogP contribution < -0.4 is 5.32 Å². The highest BCUT2D eigenvalue weighted by atomic mass is 19.1. The molecule has 0 aliphatic rings. The van der Waals surface area contributed by atoms with Crippen molar-refractivity contribution < 1.29 is 4.39 Å². The normalized spacial score (nSPS) is 12.2. The highest BCUT2D eigenvalue weighted by Gasteiger charge is 2.08. The van der Waals surface area contributed by atoms with Gasteiger partial charge in [0.25, 0.3) is 0 Å². The summed E-state index contributed by atoms with van der Waals surface area (Å²) < 4.78 is 12.9. The van der Waals surface area contributed by atoms with Crippen molar-refractivity contribution in [2.45, 2.75) is 19.9 Å². The molecule has 1 aromatic carbocycles. The molecule has 0 saturated heterocycles. The predicted molar refractivity (Wildman–Crippen MR) is 67.4 cm³/mol. The van der Waals surface area contributed by atoms with Gasteiger partial charge in [-0.15, -0.1) is 0 Å². The van der Waals surface area contributed by atoms with Crippen molar-refractivity contribution >= 4 is 5.82 Å². The van der Waals surface area contributed by atoms with Crippen LogP contribution in [0.1, 0.15) is 24.1 Å². The van der Waals surface area contributed by atoms with Crippen LogP contribution in [0.4, 0.5) is 10.2 Å². The van der Waals surface area contributed by atoms with E-state index < -0.39 is 5.95 Å². The van der Waals surface area contributed by atoms with Crippen molar-refractivity contribution in [1.82, 2.24) is 4.98 Å². The molecule has 2 nitrogen and oxygen atoms in total. The monoisotopic (exact) mass is 230 g/mol. The molecule has 1 aromatic heterocycles. The van der Waals surface area contributed by atoms with E-state index in [1.807, 2.05) is 19.1 Å². The van der Waals surface area contributed by atoms with Crippen molar-refractivity contribution in [3.05, 3.63) is 59.5 Å². The summed E-state index contributed by atoms with van der Waals surface area (Å²) in [6.07, 6.45) is 0. The zero-order chi connectivity index (χ0) is 12.3. The number of nitrogens with one attached hydrogen (secondary N) is 1. The van der Waals surface area contributed by atoms with Gasteiger partial charge in [-0.25, -0.2) is 4.98 Å². The fourth-order valence-electron chi connectivity index (χ4n) is 1.86. The highest BCUT2D eigenvalue weighted by molar-refractivity contribution is 5.39. The van der Waals surface area contributed by atoms with E-state index in [4.69, 9.17) is 0 Å². The van der Waals surface area contributed by atoms with Gasteiger partial charge in [0, 0.05) is 0 Å². The lowest BCUT2D eigenvalue weighted by Crippen LogP contribution is -2.09. The van der Waals surface area contributed by atoms with Crippen molar-refractivity contribution in [3.8, 4) is 0 Å². The Labute approximate surface area is 101 Å². The Bertz CT molecular complexity index is 511. The number of rotatable bonds is 3. The van der Waals surface area contributed by atoms with Gasteiger partial charge in [-0.1, -0.05) is 30.3 Å². The number of aryl methyl sites for hydroxylation is 1. The van der Waals surface area contributed by atoms with Crippen molar-refractivity contribution in [2.75, 3.05) is 5.32 Å². The van der Waals surface area contributed by atoms with Gasteiger partial charge in [-0.3, -0.25) is 0 Å². The van der Waals surface area contributed by atoms with E-state index >= 15 is 0 Å². The van der Waals surface area contributed by atoms with Crippen LogP contribution in [0.25, 0.3) is 0 Å². The predicted octanol–water partition coefficient (Wildman–Crippen LogP) is 3.70. The minimum absolute atomic E-state index is 0.102. The van der Waals surface area contributed by atoms with Crippen molar-refractivity contribution in [3.63, 3.8) is 0 Å². The molecule has 3 heteroatoms. The van der Waals surface area contributed by atoms with E-state index in [0.29, 0.717) is 5.82 Å². The molecule has 0 radical (unpaired) electrons. The Hall–Kier alpha value is -1.90. The number of hydrogen-bond acceptors (Lipinski definition) is 2. The fraction of sp³-hybridized carbons (Fsp3) is 0.214. The third-order valence-corrected chi connectivity index (χ3v) is 2.73. The molecule has 0 bridgehead atoms. The maximum atomic E-state index is 12.9. The lowest BCUT2D eigenvalue weighted by molar-refractivity contribution is 0.584. The maximum absolute atomic E-state index is 12.9. The fourth-order valence-corrected chi connectivity index (χ4v) is 1.86. The SMILES string of the molecule is Cc1ccccc1C(C)Nc1cccc(F)n1. The summed E-state index contributed by atoms with van der Waals surface area (Å²) in [5.74, 6) is 0.0905. The molecule has 1 heterocycles. The largest absolute Gasteiger partial charge is 0.363 e. The highest BCUT2D eigenvalue weighted by Crippen LogP contribution is 2.20. The average Bonchev–Trinajstić information content (AvgIpc) is 2.29. The summed E-state index contributed by atoms with van der Waals surface area (Å²) in [5.41, 5.74) is 2.41. The molecule has 17 heavy (non-hydrogen) atoms. The second-order valence-electron chi connectivity index (χ2n) is 4.07. The van der Waals surface area contributed by atoms with Crippen LogP contribution in [0.5, 0.6) is 0 Å². The van der Waals surface area contributed by atoms with Crippen LogP contribution in [0.2, 0.25) is 0 Å². The molecule has 0 fully saturated rings. The summed E-state index contributed by atoms with van der Waals surface area (Å²) in [6, 6.07) is 13.0. The molecule has 0 aliphatic heterocycles. The van der Waals surface area contributed by atoms with Gasteiger partial charge < -0.3 is 5.32 Å². The van der Waals surface area contributed by atoms with Crippen LogP contribution in [0, 0.1) is 12.9 Å². The molecule has 1 atom stereocenters. The van der Waals surface area contributed by atoms with E-state index in [2.05, 4.69) is 29.4 Å². The maximum Gasteiger partial charge on any atom is 0.214 e. The first-order valence-electron chi connectivity index (χ1n) is 5.61. The van der Waals surface area contributed by atoms with E-state index in [1.165, 1.54) is 17.2 Å². The van der Waals surface area contributed by atoms with Crippen LogP contribution in [-0.2, 0) is 0 Å². The molecule has 1 N–H and O–H groups in total. The molecule has 2 rings (SSSR count). The first-order chi connectivity index (χ1) is 8.16. The summed E-state index contributed by atoms with van der Waals surface area (Å²) >= 11 is 0. The molecular formula is C14H15FN2. The first kappa shape index (κ1) is 11.6. The van der Waals surface area contributed by atoms with Gasteiger partial charge in [-0.05, 0) is 37.1 Å². The molecule has 0 spiro atoms. The van der Waals surface area contributed by atoms with Gasteiger partial charge in [0.05, 0.1) is 6.04 Å². The van der Waals surface area contributed by atoms with Crippen LogP contribution in [0.3, 0.4) is 0 Å². The Balaban J connectivity index is 2.17. The summed E-state index contributed by atoms with van der Waals surface area (Å²) in [4.78, 5) is 3.79. The lowest BCUT2D eigenvalue weighted by Gasteiger charge is -2.16. The molecule has 88 valence electrons. The Morgan fingerprint density at radius 3 is 2.59 bits per heavy atom. The van der Waals surface area contributed by atoms with Gasteiger partial charge >= 0.3 is 0 Å². The van der Waals surface area contributed by atoms with Crippen LogP contribution in [0.15, 0.2) is 42.5 Å². The van der Waals surface area contributed by atoms with E-state index in [-0.39, 0.29) is 6.04 Å². The number of aromatic nitrogens is 1. The number of benzene rings is 1. The lowest BCUT2D eigenvalue weighted by atomic mass is 10.0. The van der Waals surface area contributed by atoms with Gasteiger partial charge in [0.15, 0.2) is 0 Å². The summed E-state index contributed by atoms with van der Waals surface area (Å²) in [6.45, 7) is 4.10. The number of hydrogen-bond donors (Lipinski definition) is 1. The van der Waals surface area contributed by atoms with Crippen molar-refractivity contribution in [1.29, 1.82) is 0 Å². The number of anilines is 1. The third kappa shape index (κ3) is 2.81. The second-order valence-corrected chi connectivity index (χ2v) is 4.07. The van der Waals surface area contributed by atoms with Crippen molar-refractivity contribution in [2.24, 2.45) is 0 Å². The standard InChI is InChI=1S/C14H15FN2/c1-10-6-3-4-7-12(10)11(2)16-14-9-5-8-13(15)17-14/h3-9,11H,1-2H3,(H,16,17). The first-order valence-corrected chi connectivity index (χ1v) is 5.61. The second kappa shape index (κ2) is 4.95. The van der Waals surface area contributed by atoms with E-state index in [9.17, 15) is 4.39 Å². The van der Waals surface area contributed by atoms with Crippen LogP contribution >= 0.6 is 0 Å². The molecular weight excluding hydrogens is 215 g/mol. The van der Waals surface area contributed by atoms with Crippen LogP contribution in [-0.4, -0.2) is 4.98 Å². The molecule has 2 aromatic rings. The Morgan fingerprint density at radius 2 is 1.88 bits per heavy atom. The summed E-state index contributed by atoms with van der Waals surface area (Å²) in [5, 5.41) is 3.19. The summed E-state index contributed by atoms with van der Waals surface area (Å²) in [7, 11) is 0. The van der Waals surface area contributed by atoms with Gasteiger partial charge in [-0.2, -0.15) is 4.39 Å². The zero-order valence-corrected chi connectivity index (χ0v) is 9.94. The number of pyridine rings is 1. The molecule has 1 unspecified atom stereocenters. The molecule has 0 saturated carbocycles.